The fourth-order valence-electron chi connectivity index (χ4n) is 3.30. The van der Waals surface area contributed by atoms with E-state index in [1.165, 1.54) is 16.7 Å². The number of halogens is 1. The summed E-state index contributed by atoms with van der Waals surface area (Å²) in [4.78, 5) is 16.4. The fourth-order valence-corrected chi connectivity index (χ4v) is 4.46. The van der Waals surface area contributed by atoms with Crippen molar-refractivity contribution in [2.45, 2.75) is 20.3 Å². The second kappa shape index (κ2) is 8.25. The van der Waals surface area contributed by atoms with Gasteiger partial charge in [-0.05, 0) is 55.1 Å². The molecule has 6 heteroatoms. The maximum Gasteiger partial charge on any atom is 0.225 e. The molecule has 4 rings (SSSR count). The number of fused-ring (bicyclic) bond motifs is 1. The number of anilines is 1. The number of nitrogens with zero attached hydrogens (tertiary/aromatic N) is 4. The first-order valence-electron chi connectivity index (χ1n) is 9.31. The average molecular weight is 409 g/mol. The molecule has 0 aliphatic carbocycles. The highest BCUT2D eigenvalue weighted by Crippen LogP contribution is 2.39. The molecule has 3 aromatic heterocycles. The van der Waals surface area contributed by atoms with Crippen molar-refractivity contribution in [3.05, 3.63) is 70.6 Å². The monoisotopic (exact) mass is 408 g/mol. The van der Waals surface area contributed by atoms with Gasteiger partial charge in [0.15, 0.2) is 0 Å². The summed E-state index contributed by atoms with van der Waals surface area (Å²) in [5, 5.41) is 3.53. The molecular weight excluding hydrogens is 388 g/mol. The van der Waals surface area contributed by atoms with Crippen LogP contribution < -0.4 is 4.90 Å². The summed E-state index contributed by atoms with van der Waals surface area (Å²) in [6.07, 6.45) is 4.59. The van der Waals surface area contributed by atoms with Crippen LogP contribution in [-0.2, 0) is 6.42 Å². The average Bonchev–Trinajstić information content (AvgIpc) is 3.13. The summed E-state index contributed by atoms with van der Waals surface area (Å²) in [6.45, 7) is 5.94. The van der Waals surface area contributed by atoms with E-state index in [0.717, 1.165) is 41.1 Å². The minimum absolute atomic E-state index is 0.294. The van der Waals surface area contributed by atoms with Crippen LogP contribution in [0.15, 0.2) is 54.2 Å². The first-order chi connectivity index (χ1) is 13.7. The molecule has 0 saturated carbocycles. The summed E-state index contributed by atoms with van der Waals surface area (Å²) in [6, 6.07) is 12.7. The number of pyridine rings is 1. The van der Waals surface area contributed by atoms with Crippen molar-refractivity contribution < 1.29 is 0 Å². The summed E-state index contributed by atoms with van der Waals surface area (Å²) >= 11 is 7.88. The van der Waals surface area contributed by atoms with Crippen molar-refractivity contribution in [3.8, 4) is 11.1 Å². The Labute approximate surface area is 173 Å². The van der Waals surface area contributed by atoms with Crippen LogP contribution in [0.25, 0.3) is 21.3 Å². The normalized spacial score (nSPS) is 11.1. The van der Waals surface area contributed by atoms with E-state index in [0.29, 0.717) is 5.28 Å². The third kappa shape index (κ3) is 3.86. The number of likely N-dealkylation sites (N-methyl/N-ethyl adjacent to an activating group) is 1. The van der Waals surface area contributed by atoms with E-state index < -0.39 is 0 Å². The minimum Gasteiger partial charge on any atom is -0.356 e. The molecule has 0 amide bonds. The zero-order chi connectivity index (χ0) is 19.5. The van der Waals surface area contributed by atoms with E-state index in [2.05, 4.69) is 75.5 Å². The topological polar surface area (TPSA) is 41.9 Å². The lowest BCUT2D eigenvalue weighted by molar-refractivity contribution is 0.796. The third-order valence-electron chi connectivity index (χ3n) is 4.85. The Morgan fingerprint density at radius 2 is 1.79 bits per heavy atom. The Balaban J connectivity index is 1.75. The van der Waals surface area contributed by atoms with Gasteiger partial charge in [0.2, 0.25) is 5.28 Å². The Hall–Kier alpha value is -2.50. The zero-order valence-corrected chi connectivity index (χ0v) is 17.5. The van der Waals surface area contributed by atoms with E-state index in [9.17, 15) is 0 Å². The Morgan fingerprint density at radius 3 is 2.50 bits per heavy atom. The van der Waals surface area contributed by atoms with E-state index in [4.69, 9.17) is 11.6 Å². The first kappa shape index (κ1) is 18.8. The van der Waals surface area contributed by atoms with E-state index in [1.807, 2.05) is 12.4 Å². The van der Waals surface area contributed by atoms with Crippen LogP contribution in [0.5, 0.6) is 0 Å². The van der Waals surface area contributed by atoms with E-state index in [1.54, 1.807) is 11.3 Å². The molecule has 0 radical (unpaired) electrons. The minimum atomic E-state index is 0.294. The lowest BCUT2D eigenvalue weighted by Crippen LogP contribution is -2.26. The molecule has 0 atom stereocenters. The summed E-state index contributed by atoms with van der Waals surface area (Å²) in [5.41, 5.74) is 4.84. The number of hydrogen-bond acceptors (Lipinski definition) is 5. The summed E-state index contributed by atoms with van der Waals surface area (Å²) in [5.74, 6) is 0.906. The van der Waals surface area contributed by atoms with Crippen molar-refractivity contribution in [2.75, 3.05) is 18.0 Å². The molecule has 0 spiro atoms. The number of thiophene rings is 1. The van der Waals surface area contributed by atoms with Crippen LogP contribution in [0.3, 0.4) is 0 Å². The van der Waals surface area contributed by atoms with Gasteiger partial charge in [-0.3, -0.25) is 4.98 Å². The van der Waals surface area contributed by atoms with Crippen molar-refractivity contribution in [2.24, 2.45) is 0 Å². The standard InChI is InChI=1S/C22H21ClN4S/c1-3-27(13-10-16-8-11-24-12-9-16)20-19-18(17-6-4-15(2)5-7-17)14-28-21(19)26-22(23)25-20/h4-9,11-12,14H,3,10,13H2,1-2H3. The second-order valence-corrected chi connectivity index (χ2v) is 7.89. The van der Waals surface area contributed by atoms with Crippen molar-refractivity contribution in [1.29, 1.82) is 0 Å². The van der Waals surface area contributed by atoms with Crippen molar-refractivity contribution >= 4 is 39.0 Å². The molecule has 4 aromatic rings. The maximum atomic E-state index is 6.27. The van der Waals surface area contributed by atoms with Crippen LogP contribution in [0.2, 0.25) is 5.28 Å². The molecule has 4 nitrogen and oxygen atoms in total. The number of benzene rings is 1. The molecule has 0 fully saturated rings. The van der Waals surface area contributed by atoms with Gasteiger partial charge in [0, 0.05) is 36.4 Å². The van der Waals surface area contributed by atoms with Gasteiger partial charge in [-0.2, -0.15) is 4.98 Å². The zero-order valence-electron chi connectivity index (χ0n) is 15.9. The number of hydrogen-bond donors (Lipinski definition) is 0. The molecule has 1 aromatic carbocycles. The first-order valence-corrected chi connectivity index (χ1v) is 10.6. The molecular formula is C22H21ClN4S. The van der Waals surface area contributed by atoms with Crippen LogP contribution >= 0.6 is 22.9 Å². The molecule has 142 valence electrons. The largest absolute Gasteiger partial charge is 0.356 e. The third-order valence-corrected chi connectivity index (χ3v) is 5.89. The van der Waals surface area contributed by atoms with Crippen LogP contribution in [0.4, 0.5) is 5.82 Å². The molecule has 0 unspecified atom stereocenters. The predicted octanol–water partition coefficient (Wildman–Crippen LogP) is 5.78. The highest BCUT2D eigenvalue weighted by Gasteiger charge is 2.19. The smallest absolute Gasteiger partial charge is 0.225 e. The highest BCUT2D eigenvalue weighted by atomic mass is 35.5. The van der Waals surface area contributed by atoms with Gasteiger partial charge in [-0.1, -0.05) is 29.8 Å². The van der Waals surface area contributed by atoms with Gasteiger partial charge in [-0.15, -0.1) is 11.3 Å². The van der Waals surface area contributed by atoms with E-state index >= 15 is 0 Å². The number of rotatable bonds is 6. The number of aryl methyl sites for hydroxylation is 1. The molecule has 0 aliphatic heterocycles. The SMILES string of the molecule is CCN(CCc1ccncc1)c1nc(Cl)nc2scc(-c3ccc(C)cc3)c12. The molecule has 0 saturated heterocycles. The second-order valence-electron chi connectivity index (χ2n) is 6.70. The predicted molar refractivity (Wildman–Crippen MR) is 118 cm³/mol. The fraction of sp³-hybridized carbons (Fsp3) is 0.227. The number of aromatic nitrogens is 3. The summed E-state index contributed by atoms with van der Waals surface area (Å²) in [7, 11) is 0. The molecule has 3 heterocycles. The lowest BCUT2D eigenvalue weighted by Gasteiger charge is -2.23. The lowest BCUT2D eigenvalue weighted by atomic mass is 10.0. The van der Waals surface area contributed by atoms with Crippen LogP contribution in [0.1, 0.15) is 18.1 Å². The molecule has 28 heavy (non-hydrogen) atoms. The van der Waals surface area contributed by atoms with Crippen molar-refractivity contribution in [3.63, 3.8) is 0 Å². The van der Waals surface area contributed by atoms with Crippen LogP contribution in [-0.4, -0.2) is 28.0 Å². The quantitative estimate of drug-likeness (QED) is 0.379. The van der Waals surface area contributed by atoms with Gasteiger partial charge < -0.3 is 4.90 Å². The Kier molecular flexibility index (Phi) is 5.55. The highest BCUT2D eigenvalue weighted by molar-refractivity contribution is 7.17. The maximum absolute atomic E-state index is 6.27. The Bertz CT molecular complexity index is 1080. The van der Waals surface area contributed by atoms with Crippen LogP contribution in [0, 0.1) is 6.92 Å². The van der Waals surface area contributed by atoms with E-state index in [-0.39, 0.29) is 0 Å². The van der Waals surface area contributed by atoms with Gasteiger partial charge in [0.25, 0.3) is 0 Å². The molecule has 0 bridgehead atoms. The van der Waals surface area contributed by atoms with Gasteiger partial charge in [0.05, 0.1) is 5.39 Å². The van der Waals surface area contributed by atoms with Gasteiger partial charge in [-0.25, -0.2) is 4.98 Å². The molecule has 0 N–H and O–H groups in total. The van der Waals surface area contributed by atoms with Crippen molar-refractivity contribution in [1.82, 2.24) is 15.0 Å². The molecule has 0 aliphatic rings. The Morgan fingerprint density at radius 1 is 1.04 bits per heavy atom. The summed E-state index contributed by atoms with van der Waals surface area (Å²) < 4.78 is 0. The van der Waals surface area contributed by atoms with Gasteiger partial charge >= 0.3 is 0 Å². The van der Waals surface area contributed by atoms with Gasteiger partial charge in [0.1, 0.15) is 10.6 Å².